The van der Waals surface area contributed by atoms with E-state index in [4.69, 9.17) is 10.00 Å². The summed E-state index contributed by atoms with van der Waals surface area (Å²) in [4.78, 5) is 2.18. The molecule has 0 aromatic heterocycles. The van der Waals surface area contributed by atoms with Gasteiger partial charge in [-0.3, -0.25) is 4.90 Å². The van der Waals surface area contributed by atoms with Gasteiger partial charge < -0.3 is 4.74 Å². The second kappa shape index (κ2) is 4.32. The predicted molar refractivity (Wildman–Crippen MR) is 42.1 cm³/mol. The van der Waals surface area contributed by atoms with E-state index in [9.17, 15) is 0 Å². The Morgan fingerprint density at radius 2 is 2.18 bits per heavy atom. The predicted octanol–water partition coefficient (Wildman–Crippen LogP) is 0.621. The van der Waals surface area contributed by atoms with Crippen LogP contribution in [0.4, 0.5) is 0 Å². The lowest BCUT2D eigenvalue weighted by molar-refractivity contribution is 0.0264. The first kappa shape index (κ1) is 8.51. The molecule has 0 N–H and O–H groups in total. The van der Waals surface area contributed by atoms with E-state index in [1.807, 2.05) is 6.92 Å². The first-order valence-electron chi connectivity index (χ1n) is 4.10. The molecule has 0 aromatic rings. The Morgan fingerprint density at radius 1 is 1.55 bits per heavy atom. The third kappa shape index (κ3) is 2.18. The number of nitriles is 1. The van der Waals surface area contributed by atoms with E-state index in [2.05, 4.69) is 11.0 Å². The summed E-state index contributed by atoms with van der Waals surface area (Å²) in [5.74, 6) is 0. The third-order valence-electron chi connectivity index (χ3n) is 2.02. The Hall–Kier alpha value is -0.590. The van der Waals surface area contributed by atoms with Crippen LogP contribution < -0.4 is 0 Å². The van der Waals surface area contributed by atoms with Gasteiger partial charge in [-0.1, -0.05) is 6.92 Å². The van der Waals surface area contributed by atoms with Crippen LogP contribution in [-0.4, -0.2) is 37.2 Å². The molecule has 3 heteroatoms. The van der Waals surface area contributed by atoms with Crippen molar-refractivity contribution in [1.29, 1.82) is 5.26 Å². The number of hydrogen-bond acceptors (Lipinski definition) is 3. The van der Waals surface area contributed by atoms with Crippen molar-refractivity contribution in [2.45, 2.75) is 19.4 Å². The van der Waals surface area contributed by atoms with Crippen molar-refractivity contribution in [1.82, 2.24) is 4.90 Å². The van der Waals surface area contributed by atoms with Crippen LogP contribution >= 0.6 is 0 Å². The molecule has 0 aromatic carbocycles. The molecule has 3 nitrogen and oxygen atoms in total. The zero-order valence-corrected chi connectivity index (χ0v) is 6.92. The van der Waals surface area contributed by atoms with Gasteiger partial charge in [0.15, 0.2) is 0 Å². The smallest absolute Gasteiger partial charge is 0.0976 e. The van der Waals surface area contributed by atoms with Crippen molar-refractivity contribution < 1.29 is 4.74 Å². The highest BCUT2D eigenvalue weighted by atomic mass is 16.5. The average Bonchev–Trinajstić information content (AvgIpc) is 2.09. The molecule has 0 radical (unpaired) electrons. The van der Waals surface area contributed by atoms with E-state index in [1.54, 1.807) is 0 Å². The van der Waals surface area contributed by atoms with Crippen LogP contribution in [0.1, 0.15) is 13.3 Å². The number of morpholine rings is 1. The second-order valence-corrected chi connectivity index (χ2v) is 2.70. The maximum atomic E-state index is 8.75. The first-order valence-corrected chi connectivity index (χ1v) is 4.10. The number of ether oxygens (including phenoxy) is 1. The highest BCUT2D eigenvalue weighted by Crippen LogP contribution is 2.05. The van der Waals surface area contributed by atoms with Crippen LogP contribution in [-0.2, 0) is 4.74 Å². The van der Waals surface area contributed by atoms with E-state index in [-0.39, 0.29) is 6.04 Å². The monoisotopic (exact) mass is 154 g/mol. The molecule has 0 spiro atoms. The van der Waals surface area contributed by atoms with Gasteiger partial charge in [0.25, 0.3) is 0 Å². The quantitative estimate of drug-likeness (QED) is 0.585. The summed E-state index contributed by atoms with van der Waals surface area (Å²) in [6.45, 7) is 5.41. The molecule has 0 aliphatic carbocycles. The molecular formula is C8H14N2O. The zero-order chi connectivity index (χ0) is 8.10. The standard InChI is InChI=1S/C8H14N2O/c1-2-8(7-9)10-3-5-11-6-4-10/h8H,2-6H2,1H3. The molecule has 0 saturated carbocycles. The van der Waals surface area contributed by atoms with Gasteiger partial charge in [0.1, 0.15) is 0 Å². The number of hydrogen-bond donors (Lipinski definition) is 0. The van der Waals surface area contributed by atoms with Gasteiger partial charge in [-0.2, -0.15) is 5.26 Å². The average molecular weight is 154 g/mol. The molecular weight excluding hydrogens is 140 g/mol. The normalized spacial score (nSPS) is 22.5. The van der Waals surface area contributed by atoms with E-state index in [0.717, 1.165) is 32.7 Å². The van der Waals surface area contributed by atoms with E-state index in [1.165, 1.54) is 0 Å². The van der Waals surface area contributed by atoms with Crippen molar-refractivity contribution in [2.24, 2.45) is 0 Å². The molecule has 11 heavy (non-hydrogen) atoms. The van der Waals surface area contributed by atoms with Crippen LogP contribution in [0.25, 0.3) is 0 Å². The Labute approximate surface area is 67.6 Å². The molecule has 1 rings (SSSR count). The summed E-state index contributed by atoms with van der Waals surface area (Å²) < 4.78 is 5.19. The highest BCUT2D eigenvalue weighted by molar-refractivity contribution is 4.91. The van der Waals surface area contributed by atoms with Crippen LogP contribution in [0, 0.1) is 11.3 Å². The molecule has 1 fully saturated rings. The van der Waals surface area contributed by atoms with E-state index in [0.29, 0.717) is 0 Å². The van der Waals surface area contributed by atoms with E-state index < -0.39 is 0 Å². The molecule has 0 bridgehead atoms. The summed E-state index contributed by atoms with van der Waals surface area (Å²) in [7, 11) is 0. The summed E-state index contributed by atoms with van der Waals surface area (Å²) in [6, 6.07) is 2.39. The molecule has 0 amide bonds. The van der Waals surface area contributed by atoms with Crippen LogP contribution in [0.3, 0.4) is 0 Å². The van der Waals surface area contributed by atoms with Crippen molar-refractivity contribution >= 4 is 0 Å². The van der Waals surface area contributed by atoms with Crippen molar-refractivity contribution in [3.8, 4) is 6.07 Å². The maximum absolute atomic E-state index is 8.75. The van der Waals surface area contributed by atoms with Crippen molar-refractivity contribution in [2.75, 3.05) is 26.3 Å². The van der Waals surface area contributed by atoms with E-state index >= 15 is 0 Å². The fraction of sp³-hybridized carbons (Fsp3) is 0.875. The first-order chi connectivity index (χ1) is 5.38. The zero-order valence-electron chi connectivity index (χ0n) is 6.92. The van der Waals surface area contributed by atoms with Gasteiger partial charge in [0, 0.05) is 13.1 Å². The molecule has 1 aliphatic heterocycles. The Balaban J connectivity index is 2.38. The molecule has 1 heterocycles. The Morgan fingerprint density at radius 3 is 2.64 bits per heavy atom. The fourth-order valence-electron chi connectivity index (χ4n) is 1.32. The van der Waals surface area contributed by atoms with Gasteiger partial charge in [-0.05, 0) is 6.42 Å². The number of rotatable bonds is 2. The number of nitrogens with zero attached hydrogens (tertiary/aromatic N) is 2. The molecule has 1 unspecified atom stereocenters. The topological polar surface area (TPSA) is 36.3 Å². The van der Waals surface area contributed by atoms with Gasteiger partial charge >= 0.3 is 0 Å². The summed E-state index contributed by atoms with van der Waals surface area (Å²) >= 11 is 0. The molecule has 62 valence electrons. The minimum atomic E-state index is 0.0962. The van der Waals surface area contributed by atoms with Gasteiger partial charge in [-0.25, -0.2) is 0 Å². The molecule has 1 saturated heterocycles. The van der Waals surface area contributed by atoms with Crippen molar-refractivity contribution in [3.63, 3.8) is 0 Å². The minimum absolute atomic E-state index is 0.0962. The fourth-order valence-corrected chi connectivity index (χ4v) is 1.32. The van der Waals surface area contributed by atoms with Gasteiger partial charge in [0.05, 0.1) is 25.3 Å². The summed E-state index contributed by atoms with van der Waals surface area (Å²) in [5, 5.41) is 8.75. The van der Waals surface area contributed by atoms with Gasteiger partial charge in [0.2, 0.25) is 0 Å². The highest BCUT2D eigenvalue weighted by Gasteiger charge is 2.17. The lowest BCUT2D eigenvalue weighted by Gasteiger charge is -2.29. The second-order valence-electron chi connectivity index (χ2n) is 2.70. The maximum Gasteiger partial charge on any atom is 0.0976 e. The van der Waals surface area contributed by atoms with Crippen LogP contribution in [0.15, 0.2) is 0 Å². The largest absolute Gasteiger partial charge is 0.379 e. The molecule has 1 atom stereocenters. The van der Waals surface area contributed by atoms with Crippen LogP contribution in [0.2, 0.25) is 0 Å². The lowest BCUT2D eigenvalue weighted by atomic mass is 10.2. The Kier molecular flexibility index (Phi) is 3.34. The molecule has 1 aliphatic rings. The van der Waals surface area contributed by atoms with Crippen molar-refractivity contribution in [3.05, 3.63) is 0 Å². The van der Waals surface area contributed by atoms with Crippen LogP contribution in [0.5, 0.6) is 0 Å². The summed E-state index contributed by atoms with van der Waals surface area (Å²) in [6.07, 6.45) is 0.913. The SMILES string of the molecule is CCC(C#N)N1CCOCC1. The van der Waals surface area contributed by atoms with Gasteiger partial charge in [-0.15, -0.1) is 0 Å². The minimum Gasteiger partial charge on any atom is -0.379 e. The lowest BCUT2D eigenvalue weighted by Crippen LogP contribution is -2.42. The summed E-state index contributed by atoms with van der Waals surface area (Å²) in [5.41, 5.74) is 0. The Bertz CT molecular complexity index is 147. The third-order valence-corrected chi connectivity index (χ3v) is 2.02.